The van der Waals surface area contributed by atoms with Gasteiger partial charge >= 0.3 is 0 Å². The summed E-state index contributed by atoms with van der Waals surface area (Å²) in [6.07, 6.45) is 9.05. The lowest BCUT2D eigenvalue weighted by Gasteiger charge is -2.53. The van der Waals surface area contributed by atoms with Crippen LogP contribution in [0.2, 0.25) is 0 Å². The van der Waals surface area contributed by atoms with Crippen LogP contribution in [0.5, 0.6) is 0 Å². The van der Waals surface area contributed by atoms with Gasteiger partial charge in [0.25, 0.3) is 6.47 Å². The summed E-state index contributed by atoms with van der Waals surface area (Å²) < 4.78 is 5.43. The van der Waals surface area contributed by atoms with Crippen molar-refractivity contribution in [2.45, 2.75) is 57.0 Å². The fourth-order valence-electron chi connectivity index (χ4n) is 5.18. The summed E-state index contributed by atoms with van der Waals surface area (Å²) in [5.41, 5.74) is 0.577. The van der Waals surface area contributed by atoms with Gasteiger partial charge in [-0.2, -0.15) is 5.10 Å². The Kier molecular flexibility index (Phi) is 8.63. The molecule has 0 unspecified atom stereocenters. The zero-order valence-corrected chi connectivity index (χ0v) is 18.8. The Balaban J connectivity index is 0.000000913. The number of aryl methyl sites for hydroxylation is 1. The Morgan fingerprint density at radius 2 is 2.09 bits per heavy atom. The molecule has 0 bridgehead atoms. The molecule has 2 atom stereocenters. The summed E-state index contributed by atoms with van der Waals surface area (Å²) in [5, 5.41) is 17.0. The van der Waals surface area contributed by atoms with E-state index in [0.29, 0.717) is 26.1 Å². The number of H-pyrrole nitrogens is 1. The summed E-state index contributed by atoms with van der Waals surface area (Å²) in [7, 11) is 2.09. The normalized spacial score (nSPS) is 26.4. The highest BCUT2D eigenvalue weighted by Crippen LogP contribution is 2.43. The van der Waals surface area contributed by atoms with Gasteiger partial charge in [0.2, 0.25) is 11.8 Å². The third kappa shape index (κ3) is 5.66. The highest BCUT2D eigenvalue weighted by Gasteiger charge is 2.53. The number of carbonyl (C=O) groups is 3. The fraction of sp³-hybridized carbons (Fsp3) is 0.727. The van der Waals surface area contributed by atoms with Crippen LogP contribution in [-0.2, 0) is 25.5 Å². The molecular weight excluding hydrogens is 414 g/mol. The molecule has 0 saturated carbocycles. The first-order valence-corrected chi connectivity index (χ1v) is 11.4. The van der Waals surface area contributed by atoms with Crippen LogP contribution in [0.25, 0.3) is 0 Å². The first kappa shape index (κ1) is 24.2. The van der Waals surface area contributed by atoms with Crippen molar-refractivity contribution in [1.82, 2.24) is 25.3 Å². The lowest BCUT2D eigenvalue weighted by molar-refractivity contribution is -0.154. The van der Waals surface area contributed by atoms with E-state index >= 15 is 0 Å². The van der Waals surface area contributed by atoms with E-state index < -0.39 is 5.41 Å². The van der Waals surface area contributed by atoms with Crippen LogP contribution in [-0.4, -0.2) is 95.4 Å². The zero-order valence-electron chi connectivity index (χ0n) is 18.8. The number of carboxylic acid groups (broad SMARTS) is 1. The molecule has 0 aliphatic carbocycles. The van der Waals surface area contributed by atoms with Gasteiger partial charge in [-0.1, -0.05) is 0 Å². The predicted octanol–water partition coefficient (Wildman–Crippen LogP) is 0.651. The summed E-state index contributed by atoms with van der Waals surface area (Å²) in [4.78, 5) is 39.3. The van der Waals surface area contributed by atoms with E-state index in [2.05, 4.69) is 27.5 Å². The van der Waals surface area contributed by atoms with Gasteiger partial charge in [-0.15, -0.1) is 0 Å². The van der Waals surface area contributed by atoms with Crippen LogP contribution in [0.3, 0.4) is 0 Å². The van der Waals surface area contributed by atoms with Crippen LogP contribution in [0.15, 0.2) is 12.4 Å². The van der Waals surface area contributed by atoms with E-state index in [1.807, 2.05) is 11.1 Å². The van der Waals surface area contributed by atoms with E-state index in [1.165, 1.54) is 0 Å². The van der Waals surface area contributed by atoms with Gasteiger partial charge in [-0.05, 0) is 57.7 Å². The molecule has 1 aromatic rings. The maximum atomic E-state index is 13.5. The summed E-state index contributed by atoms with van der Waals surface area (Å²) in [5.74, 6) is 0.296. The summed E-state index contributed by atoms with van der Waals surface area (Å²) >= 11 is 0. The number of aromatic amines is 1. The Labute approximate surface area is 188 Å². The molecule has 3 aliphatic heterocycles. The van der Waals surface area contributed by atoms with Crippen molar-refractivity contribution in [2.24, 2.45) is 5.41 Å². The number of piperidine rings is 2. The Morgan fingerprint density at radius 3 is 2.78 bits per heavy atom. The highest BCUT2D eigenvalue weighted by atomic mass is 16.5. The van der Waals surface area contributed by atoms with Crippen LogP contribution in [0, 0.1) is 5.41 Å². The third-order valence-electron chi connectivity index (χ3n) is 6.97. The number of rotatable bonds is 5. The Bertz CT molecular complexity index is 752. The van der Waals surface area contributed by atoms with Gasteiger partial charge in [0.05, 0.1) is 17.7 Å². The van der Waals surface area contributed by atoms with Gasteiger partial charge in [0, 0.05) is 45.0 Å². The quantitative estimate of drug-likeness (QED) is 0.563. The van der Waals surface area contributed by atoms with E-state index in [0.717, 1.165) is 57.3 Å². The third-order valence-corrected chi connectivity index (χ3v) is 6.97. The summed E-state index contributed by atoms with van der Waals surface area (Å²) in [6, 6.07) is 0.143. The molecule has 2 amide bonds. The topological polar surface area (TPSA) is 128 Å². The fourth-order valence-corrected chi connectivity index (χ4v) is 5.18. The number of ether oxygens (including phenoxy) is 1. The second kappa shape index (κ2) is 11.4. The first-order valence-electron chi connectivity index (χ1n) is 11.4. The van der Waals surface area contributed by atoms with Crippen LogP contribution in [0.1, 0.15) is 44.1 Å². The molecule has 178 valence electrons. The number of fused-ring (bicyclic) bond motifs is 1. The standard InChI is InChI=1S/C21H33N5O3.CH2O2/c1-25-10-8-21(20(28)24-17-5-11-29-12-6-17)7-2-9-26(18(21)15-25)19(27)4-3-16-13-22-23-14-16;2-1-3/h13-14,17-18H,2-12,15H2,1H3,(H,22,23)(H,24,28);1H,(H,2,3)/t18-,21+;/m0./s1. The van der Waals surface area contributed by atoms with Crippen molar-refractivity contribution in [1.29, 1.82) is 0 Å². The summed E-state index contributed by atoms with van der Waals surface area (Å²) in [6.45, 7) is 3.58. The van der Waals surface area contributed by atoms with Gasteiger partial charge in [0.15, 0.2) is 0 Å². The molecule has 4 rings (SSSR count). The predicted molar refractivity (Wildman–Crippen MR) is 117 cm³/mol. The van der Waals surface area contributed by atoms with E-state index in [9.17, 15) is 9.59 Å². The SMILES string of the molecule is CN1CC[C@]2(C(=O)NC3CCOCC3)CCCN(C(=O)CCc3cn[nH]c3)[C@H]2C1.O=CO. The van der Waals surface area contributed by atoms with Crippen LogP contribution >= 0.6 is 0 Å². The molecule has 10 nitrogen and oxygen atoms in total. The molecule has 0 spiro atoms. The zero-order chi connectivity index (χ0) is 23.0. The number of likely N-dealkylation sites (tertiary alicyclic amines) is 2. The number of likely N-dealkylation sites (N-methyl/N-ethyl adjacent to an activating group) is 1. The molecule has 0 aromatic carbocycles. The van der Waals surface area contributed by atoms with E-state index in [-0.39, 0.29) is 30.4 Å². The number of carbonyl (C=O) groups excluding carboxylic acids is 2. The molecule has 3 saturated heterocycles. The molecule has 4 heterocycles. The lowest BCUT2D eigenvalue weighted by Crippen LogP contribution is -2.67. The minimum Gasteiger partial charge on any atom is -0.483 e. The van der Waals surface area contributed by atoms with Crippen molar-refractivity contribution < 1.29 is 24.2 Å². The maximum Gasteiger partial charge on any atom is 0.290 e. The molecule has 0 radical (unpaired) electrons. The molecule has 3 fully saturated rings. The smallest absolute Gasteiger partial charge is 0.290 e. The molecule has 3 aliphatic rings. The average molecular weight is 450 g/mol. The monoisotopic (exact) mass is 449 g/mol. The van der Waals surface area contributed by atoms with Crippen LogP contribution in [0.4, 0.5) is 0 Å². The Morgan fingerprint density at radius 1 is 1.34 bits per heavy atom. The second-order valence-electron chi connectivity index (χ2n) is 8.95. The molecule has 1 aromatic heterocycles. The number of nitrogens with zero attached hydrogens (tertiary/aromatic N) is 3. The van der Waals surface area contributed by atoms with Crippen molar-refractivity contribution >= 4 is 18.3 Å². The van der Waals surface area contributed by atoms with Gasteiger partial charge in [0.1, 0.15) is 0 Å². The Hall–Kier alpha value is -2.46. The second-order valence-corrected chi connectivity index (χ2v) is 8.95. The molecular formula is C22H35N5O5. The maximum absolute atomic E-state index is 13.5. The lowest BCUT2D eigenvalue weighted by atomic mass is 9.67. The van der Waals surface area contributed by atoms with Crippen molar-refractivity contribution in [3.8, 4) is 0 Å². The van der Waals surface area contributed by atoms with Crippen molar-refractivity contribution in [2.75, 3.05) is 39.9 Å². The minimum atomic E-state index is -0.464. The molecule has 32 heavy (non-hydrogen) atoms. The number of nitrogens with one attached hydrogen (secondary N) is 2. The number of aromatic nitrogens is 2. The number of hydrogen-bond donors (Lipinski definition) is 3. The van der Waals surface area contributed by atoms with E-state index in [1.54, 1.807) is 6.20 Å². The number of amides is 2. The molecule has 3 N–H and O–H groups in total. The first-order chi connectivity index (χ1) is 15.5. The van der Waals surface area contributed by atoms with Crippen molar-refractivity contribution in [3.05, 3.63) is 18.0 Å². The van der Waals surface area contributed by atoms with Gasteiger partial charge < -0.3 is 25.0 Å². The van der Waals surface area contributed by atoms with Gasteiger partial charge in [-0.3, -0.25) is 19.5 Å². The minimum absolute atomic E-state index is 0.0494. The highest BCUT2D eigenvalue weighted by molar-refractivity contribution is 5.86. The van der Waals surface area contributed by atoms with Gasteiger partial charge in [-0.25, -0.2) is 0 Å². The van der Waals surface area contributed by atoms with Crippen LogP contribution < -0.4 is 5.32 Å². The average Bonchev–Trinajstić information content (AvgIpc) is 3.32. The molecule has 10 heteroatoms. The number of hydrogen-bond acceptors (Lipinski definition) is 6. The van der Waals surface area contributed by atoms with Crippen molar-refractivity contribution in [3.63, 3.8) is 0 Å². The largest absolute Gasteiger partial charge is 0.483 e. The van der Waals surface area contributed by atoms with E-state index in [4.69, 9.17) is 14.6 Å².